The molecule has 1 aliphatic carbocycles. The average molecular weight is 254 g/mol. The third kappa shape index (κ3) is 1.84. The molecule has 2 aliphatic rings. The van der Waals surface area contributed by atoms with Crippen LogP contribution in [0, 0.1) is 16.0 Å². The minimum Gasteiger partial charge on any atom is -0.353 e. The zero-order chi connectivity index (χ0) is 12.0. The van der Waals surface area contributed by atoms with Crippen molar-refractivity contribution in [3.8, 4) is 0 Å². The Morgan fingerprint density at radius 3 is 2.88 bits per heavy atom. The molecular weight excluding hydrogens is 242 g/mol. The van der Waals surface area contributed by atoms with Crippen LogP contribution in [0.1, 0.15) is 19.3 Å². The van der Waals surface area contributed by atoms with Crippen molar-refractivity contribution in [3.63, 3.8) is 0 Å². The number of halogens is 1. The van der Waals surface area contributed by atoms with Crippen LogP contribution in [0.3, 0.4) is 0 Å². The fourth-order valence-electron chi connectivity index (χ4n) is 2.93. The van der Waals surface area contributed by atoms with E-state index in [4.69, 9.17) is 11.6 Å². The summed E-state index contributed by atoms with van der Waals surface area (Å²) in [5, 5.41) is 11.0. The van der Waals surface area contributed by atoms with Crippen molar-refractivity contribution in [1.82, 2.24) is 4.98 Å². The van der Waals surface area contributed by atoms with E-state index < -0.39 is 4.92 Å². The Hall–Kier alpha value is -1.36. The van der Waals surface area contributed by atoms with E-state index in [2.05, 4.69) is 9.88 Å². The van der Waals surface area contributed by atoms with Gasteiger partial charge in [-0.1, -0.05) is 11.6 Å². The van der Waals surface area contributed by atoms with E-state index in [9.17, 15) is 10.1 Å². The third-order valence-electron chi connectivity index (χ3n) is 3.68. The van der Waals surface area contributed by atoms with Gasteiger partial charge in [-0.05, 0) is 25.2 Å². The summed E-state index contributed by atoms with van der Waals surface area (Å²) in [6.07, 6.45) is 3.61. The highest BCUT2D eigenvalue weighted by Gasteiger charge is 2.38. The lowest BCUT2D eigenvalue weighted by Gasteiger charge is -2.27. The van der Waals surface area contributed by atoms with E-state index in [0.29, 0.717) is 11.9 Å². The highest BCUT2D eigenvalue weighted by atomic mass is 35.5. The number of nitro groups is 1. The molecule has 2 heterocycles. The first kappa shape index (κ1) is 10.8. The lowest BCUT2D eigenvalue weighted by atomic mass is 10.1. The lowest BCUT2D eigenvalue weighted by Crippen LogP contribution is -2.32. The van der Waals surface area contributed by atoms with Crippen LogP contribution in [-0.2, 0) is 0 Å². The van der Waals surface area contributed by atoms with Crippen molar-refractivity contribution in [3.05, 3.63) is 27.4 Å². The molecule has 2 atom stereocenters. The van der Waals surface area contributed by atoms with Crippen LogP contribution in [0.15, 0.2) is 12.1 Å². The molecule has 0 aromatic carbocycles. The van der Waals surface area contributed by atoms with Gasteiger partial charge in [0.05, 0.1) is 17.1 Å². The number of hydrogen-bond donors (Lipinski definition) is 0. The van der Waals surface area contributed by atoms with Gasteiger partial charge in [0, 0.05) is 12.6 Å². The van der Waals surface area contributed by atoms with Crippen LogP contribution in [0.2, 0.25) is 5.15 Å². The second-order valence-corrected chi connectivity index (χ2v) is 5.14. The van der Waals surface area contributed by atoms with Crippen LogP contribution >= 0.6 is 11.6 Å². The Kier molecular flexibility index (Phi) is 2.43. The van der Waals surface area contributed by atoms with Crippen molar-refractivity contribution in [1.29, 1.82) is 0 Å². The minimum absolute atomic E-state index is 0.0165. The van der Waals surface area contributed by atoms with Crippen LogP contribution in [-0.4, -0.2) is 22.5 Å². The van der Waals surface area contributed by atoms with Gasteiger partial charge in [-0.25, -0.2) is 4.98 Å². The molecule has 1 aliphatic heterocycles. The van der Waals surface area contributed by atoms with Gasteiger partial charge in [-0.2, -0.15) is 0 Å². The van der Waals surface area contributed by atoms with Crippen molar-refractivity contribution >= 4 is 23.1 Å². The molecule has 1 saturated carbocycles. The Labute approximate surface area is 104 Å². The molecule has 2 bridgehead atoms. The Morgan fingerprint density at radius 1 is 1.47 bits per heavy atom. The number of rotatable bonds is 2. The molecule has 2 unspecified atom stereocenters. The van der Waals surface area contributed by atoms with Gasteiger partial charge >= 0.3 is 0 Å². The summed E-state index contributed by atoms with van der Waals surface area (Å²) in [6.45, 7) is 0.954. The third-order valence-corrected chi connectivity index (χ3v) is 3.87. The molecule has 0 spiro atoms. The maximum Gasteiger partial charge on any atom is 0.276 e. The number of nitrogens with zero attached hydrogens (tertiary/aromatic N) is 3. The van der Waals surface area contributed by atoms with E-state index in [-0.39, 0.29) is 10.8 Å². The van der Waals surface area contributed by atoms with Gasteiger partial charge in [0.1, 0.15) is 11.0 Å². The van der Waals surface area contributed by atoms with Gasteiger partial charge in [0.25, 0.3) is 5.69 Å². The minimum atomic E-state index is -0.425. The largest absolute Gasteiger partial charge is 0.353 e. The van der Waals surface area contributed by atoms with Crippen LogP contribution in [0.25, 0.3) is 0 Å². The fourth-order valence-corrected chi connectivity index (χ4v) is 3.13. The number of pyridine rings is 1. The van der Waals surface area contributed by atoms with Crippen LogP contribution in [0.5, 0.6) is 0 Å². The first-order valence-electron chi connectivity index (χ1n) is 5.72. The second-order valence-electron chi connectivity index (χ2n) is 4.75. The molecule has 3 rings (SSSR count). The summed E-state index contributed by atoms with van der Waals surface area (Å²) in [6, 6.07) is 3.30. The van der Waals surface area contributed by atoms with E-state index in [1.807, 2.05) is 0 Å². The number of fused-ring (bicyclic) bond motifs is 2. The summed E-state index contributed by atoms with van der Waals surface area (Å²) < 4.78 is 0. The summed E-state index contributed by atoms with van der Waals surface area (Å²) in [5.41, 5.74) is 0.0165. The zero-order valence-corrected chi connectivity index (χ0v) is 9.93. The van der Waals surface area contributed by atoms with Gasteiger partial charge in [0.15, 0.2) is 0 Å². The van der Waals surface area contributed by atoms with E-state index in [0.717, 1.165) is 18.9 Å². The Balaban J connectivity index is 1.95. The van der Waals surface area contributed by atoms with Crippen molar-refractivity contribution in [2.75, 3.05) is 11.4 Å². The standard InChI is InChI=1S/C11H12ClN3O2/c12-10-4-9(15(16)17)5-11(13-10)14-6-7-1-2-8(14)3-7/h4-5,7-8H,1-3,6H2. The smallest absolute Gasteiger partial charge is 0.276 e. The molecule has 0 N–H and O–H groups in total. The number of hydrogen-bond acceptors (Lipinski definition) is 4. The Bertz CT molecular complexity index is 480. The maximum atomic E-state index is 10.8. The van der Waals surface area contributed by atoms with Crippen LogP contribution in [0.4, 0.5) is 11.5 Å². The Morgan fingerprint density at radius 2 is 2.29 bits per heavy atom. The summed E-state index contributed by atoms with van der Waals surface area (Å²) in [5.74, 6) is 1.37. The first-order chi connectivity index (χ1) is 8.13. The van der Waals surface area contributed by atoms with Gasteiger partial charge in [-0.15, -0.1) is 0 Å². The first-order valence-corrected chi connectivity index (χ1v) is 6.10. The highest BCUT2D eigenvalue weighted by molar-refractivity contribution is 6.29. The van der Waals surface area contributed by atoms with E-state index in [1.54, 1.807) is 0 Å². The summed E-state index contributed by atoms with van der Waals surface area (Å²) in [4.78, 5) is 16.7. The molecule has 0 radical (unpaired) electrons. The number of piperidine rings is 1. The molecule has 6 heteroatoms. The molecule has 1 aromatic heterocycles. The SMILES string of the molecule is O=[N+]([O-])c1cc(Cl)nc(N2CC3CCC2C3)c1. The molecule has 90 valence electrons. The summed E-state index contributed by atoms with van der Waals surface area (Å²) >= 11 is 5.83. The average Bonchev–Trinajstić information content (AvgIpc) is 2.89. The maximum absolute atomic E-state index is 10.8. The highest BCUT2D eigenvalue weighted by Crippen LogP contribution is 2.40. The molecule has 0 amide bonds. The van der Waals surface area contributed by atoms with E-state index >= 15 is 0 Å². The van der Waals surface area contributed by atoms with Crippen molar-refractivity contribution in [2.24, 2.45) is 5.92 Å². The molecular formula is C11H12ClN3O2. The van der Waals surface area contributed by atoms with E-state index in [1.165, 1.54) is 25.0 Å². The van der Waals surface area contributed by atoms with Crippen molar-refractivity contribution < 1.29 is 4.92 Å². The zero-order valence-electron chi connectivity index (χ0n) is 9.17. The predicted molar refractivity (Wildman–Crippen MR) is 64.4 cm³/mol. The molecule has 5 nitrogen and oxygen atoms in total. The quantitative estimate of drug-likeness (QED) is 0.462. The lowest BCUT2D eigenvalue weighted by molar-refractivity contribution is -0.384. The van der Waals surface area contributed by atoms with Crippen molar-refractivity contribution in [2.45, 2.75) is 25.3 Å². The monoisotopic (exact) mass is 253 g/mol. The molecule has 2 fully saturated rings. The molecule has 1 saturated heterocycles. The fraction of sp³-hybridized carbons (Fsp3) is 0.545. The normalized spacial score (nSPS) is 26.5. The second kappa shape index (κ2) is 3.84. The molecule has 17 heavy (non-hydrogen) atoms. The van der Waals surface area contributed by atoms with Gasteiger partial charge < -0.3 is 4.90 Å². The van der Waals surface area contributed by atoms with Crippen LogP contribution < -0.4 is 4.90 Å². The topological polar surface area (TPSA) is 59.3 Å². The van der Waals surface area contributed by atoms with Gasteiger partial charge in [-0.3, -0.25) is 10.1 Å². The number of aromatic nitrogens is 1. The van der Waals surface area contributed by atoms with Gasteiger partial charge in [0.2, 0.25) is 0 Å². The number of anilines is 1. The molecule has 1 aromatic rings. The predicted octanol–water partition coefficient (Wildman–Crippen LogP) is 2.63. The summed E-state index contributed by atoms with van der Waals surface area (Å²) in [7, 11) is 0.